The van der Waals surface area contributed by atoms with Crippen molar-refractivity contribution in [3.63, 3.8) is 0 Å². The lowest BCUT2D eigenvalue weighted by Crippen LogP contribution is -2.09. The van der Waals surface area contributed by atoms with E-state index in [2.05, 4.69) is 5.32 Å². The number of phenolic OH excluding ortho intramolecular Hbond substituents is 1. The second kappa shape index (κ2) is 10.8. The predicted octanol–water partition coefficient (Wildman–Crippen LogP) is 4.82. The standard InChI is InChI=1S/C26H26N2O5/c1-31-22-15-18(16-23(32-2)26(22)33-3)7-11-19-5-4-6-21(29)25(19)28-24(30)14-10-17-8-12-20(27)13-9-17/h4-16,29H,27H2,1-3H3,(H,28,30)/b11-7+,14-10+. The molecule has 0 aromatic heterocycles. The van der Waals surface area contributed by atoms with Crippen LogP contribution < -0.4 is 25.3 Å². The molecule has 0 spiro atoms. The largest absolute Gasteiger partial charge is 0.506 e. The second-order valence-corrected chi connectivity index (χ2v) is 7.02. The van der Waals surface area contributed by atoms with Gasteiger partial charge in [0.25, 0.3) is 0 Å². The third kappa shape index (κ3) is 5.86. The molecule has 0 aliphatic rings. The highest BCUT2D eigenvalue weighted by atomic mass is 16.5. The number of amides is 1. The fourth-order valence-electron chi connectivity index (χ4n) is 3.16. The molecule has 1 amide bonds. The van der Waals surface area contributed by atoms with Gasteiger partial charge in [-0.05, 0) is 47.5 Å². The molecule has 0 atom stereocenters. The Morgan fingerprint density at radius 3 is 2.15 bits per heavy atom. The van der Waals surface area contributed by atoms with Gasteiger partial charge in [0.1, 0.15) is 5.75 Å². The fourth-order valence-corrected chi connectivity index (χ4v) is 3.16. The van der Waals surface area contributed by atoms with Crippen molar-refractivity contribution in [2.24, 2.45) is 0 Å². The van der Waals surface area contributed by atoms with Crippen LogP contribution in [0.3, 0.4) is 0 Å². The highest BCUT2D eigenvalue weighted by molar-refractivity contribution is 6.04. The number of methoxy groups -OCH3 is 3. The Balaban J connectivity index is 1.84. The number of carbonyl (C=O) groups is 1. The Labute approximate surface area is 192 Å². The van der Waals surface area contributed by atoms with E-state index in [1.807, 2.05) is 18.2 Å². The van der Waals surface area contributed by atoms with Crippen LogP contribution in [-0.4, -0.2) is 32.3 Å². The summed E-state index contributed by atoms with van der Waals surface area (Å²) in [5.41, 5.74) is 8.87. The van der Waals surface area contributed by atoms with Crippen LogP contribution in [-0.2, 0) is 4.79 Å². The molecule has 0 unspecified atom stereocenters. The van der Waals surface area contributed by atoms with E-state index in [-0.39, 0.29) is 11.7 Å². The first kappa shape index (κ1) is 23.3. The smallest absolute Gasteiger partial charge is 0.248 e. The summed E-state index contributed by atoms with van der Waals surface area (Å²) >= 11 is 0. The fraction of sp³-hybridized carbons (Fsp3) is 0.115. The number of anilines is 2. The lowest BCUT2D eigenvalue weighted by atomic mass is 10.1. The normalized spacial score (nSPS) is 11.0. The molecule has 170 valence electrons. The zero-order valence-corrected chi connectivity index (χ0v) is 18.7. The minimum atomic E-state index is -0.379. The van der Waals surface area contributed by atoms with Gasteiger partial charge in [0, 0.05) is 17.3 Å². The Morgan fingerprint density at radius 2 is 1.55 bits per heavy atom. The number of nitrogen functional groups attached to an aromatic ring is 1. The molecule has 4 N–H and O–H groups in total. The van der Waals surface area contributed by atoms with E-state index >= 15 is 0 Å². The Hall–Kier alpha value is -4.39. The summed E-state index contributed by atoms with van der Waals surface area (Å²) in [4.78, 5) is 12.5. The van der Waals surface area contributed by atoms with Crippen molar-refractivity contribution < 1.29 is 24.1 Å². The van der Waals surface area contributed by atoms with Gasteiger partial charge >= 0.3 is 0 Å². The third-order valence-electron chi connectivity index (χ3n) is 4.83. The van der Waals surface area contributed by atoms with Gasteiger partial charge in [-0.1, -0.05) is 36.4 Å². The number of hydrogen-bond donors (Lipinski definition) is 3. The first-order chi connectivity index (χ1) is 15.9. The van der Waals surface area contributed by atoms with Gasteiger partial charge in [-0.25, -0.2) is 0 Å². The monoisotopic (exact) mass is 446 g/mol. The number of hydrogen-bond acceptors (Lipinski definition) is 6. The average Bonchev–Trinajstić information content (AvgIpc) is 2.83. The summed E-state index contributed by atoms with van der Waals surface area (Å²) < 4.78 is 16.1. The number of para-hydroxylation sites is 1. The first-order valence-electron chi connectivity index (χ1n) is 10.1. The van der Waals surface area contributed by atoms with Crippen molar-refractivity contribution in [3.8, 4) is 23.0 Å². The highest BCUT2D eigenvalue weighted by Crippen LogP contribution is 2.39. The molecule has 0 fully saturated rings. The van der Waals surface area contributed by atoms with Crippen molar-refractivity contribution in [2.45, 2.75) is 0 Å². The molecule has 3 rings (SSSR count). The van der Waals surface area contributed by atoms with Crippen LogP contribution in [0.5, 0.6) is 23.0 Å². The number of carbonyl (C=O) groups excluding carboxylic acids is 1. The summed E-state index contributed by atoms with van der Waals surface area (Å²) in [5.74, 6) is 1.12. The van der Waals surface area contributed by atoms with E-state index in [0.717, 1.165) is 11.1 Å². The topological polar surface area (TPSA) is 103 Å². The van der Waals surface area contributed by atoms with Gasteiger partial charge in [0.05, 0.1) is 27.0 Å². The van der Waals surface area contributed by atoms with E-state index in [1.165, 1.54) is 12.1 Å². The molecule has 0 saturated carbocycles. The quantitative estimate of drug-likeness (QED) is 0.198. The van der Waals surface area contributed by atoms with Crippen molar-refractivity contribution in [1.29, 1.82) is 0 Å². The summed E-state index contributed by atoms with van der Waals surface area (Å²) in [6, 6.07) is 15.7. The van der Waals surface area contributed by atoms with Crippen molar-refractivity contribution in [3.05, 3.63) is 77.4 Å². The molecule has 7 nitrogen and oxygen atoms in total. The lowest BCUT2D eigenvalue weighted by molar-refractivity contribution is -0.111. The molecule has 3 aromatic carbocycles. The number of phenols is 1. The molecule has 0 bridgehead atoms. The van der Waals surface area contributed by atoms with Gasteiger partial charge < -0.3 is 30.4 Å². The molecule has 0 radical (unpaired) electrons. The van der Waals surface area contributed by atoms with Crippen LogP contribution in [0.15, 0.2) is 60.7 Å². The van der Waals surface area contributed by atoms with E-state index < -0.39 is 0 Å². The van der Waals surface area contributed by atoms with Gasteiger partial charge in [-0.3, -0.25) is 4.79 Å². The van der Waals surface area contributed by atoms with E-state index in [0.29, 0.717) is 34.2 Å². The zero-order valence-electron chi connectivity index (χ0n) is 18.7. The Bertz CT molecular complexity index is 1160. The van der Waals surface area contributed by atoms with E-state index in [4.69, 9.17) is 19.9 Å². The van der Waals surface area contributed by atoms with Gasteiger partial charge in [-0.2, -0.15) is 0 Å². The zero-order chi connectivity index (χ0) is 23.8. The molecule has 33 heavy (non-hydrogen) atoms. The predicted molar refractivity (Wildman–Crippen MR) is 132 cm³/mol. The van der Waals surface area contributed by atoms with Crippen molar-refractivity contribution in [1.82, 2.24) is 0 Å². The summed E-state index contributed by atoms with van der Waals surface area (Å²) in [7, 11) is 4.64. The maximum Gasteiger partial charge on any atom is 0.248 e. The highest BCUT2D eigenvalue weighted by Gasteiger charge is 2.13. The summed E-state index contributed by atoms with van der Waals surface area (Å²) in [6.07, 6.45) is 6.66. The van der Waals surface area contributed by atoms with Gasteiger partial charge in [0.2, 0.25) is 11.7 Å². The number of nitrogens with two attached hydrogens (primary N) is 1. The van der Waals surface area contributed by atoms with E-state index in [9.17, 15) is 9.90 Å². The van der Waals surface area contributed by atoms with Crippen LogP contribution in [0.2, 0.25) is 0 Å². The molecular weight excluding hydrogens is 420 g/mol. The SMILES string of the molecule is COc1cc(/C=C/c2cccc(O)c2NC(=O)/C=C/c2ccc(N)cc2)cc(OC)c1OC. The van der Waals surface area contributed by atoms with Gasteiger partial charge in [0.15, 0.2) is 11.5 Å². The Morgan fingerprint density at radius 1 is 0.879 bits per heavy atom. The number of benzene rings is 3. The maximum atomic E-state index is 12.5. The van der Waals surface area contributed by atoms with Crippen molar-refractivity contribution in [2.75, 3.05) is 32.4 Å². The Kier molecular flexibility index (Phi) is 7.60. The van der Waals surface area contributed by atoms with Crippen LogP contribution in [0, 0.1) is 0 Å². The second-order valence-electron chi connectivity index (χ2n) is 7.02. The molecule has 0 heterocycles. The first-order valence-corrected chi connectivity index (χ1v) is 10.1. The molecule has 7 heteroatoms. The molecule has 0 aliphatic carbocycles. The van der Waals surface area contributed by atoms with Crippen LogP contribution in [0.25, 0.3) is 18.2 Å². The lowest BCUT2D eigenvalue weighted by Gasteiger charge is -2.13. The summed E-state index contributed by atoms with van der Waals surface area (Å²) in [6.45, 7) is 0. The summed E-state index contributed by atoms with van der Waals surface area (Å²) in [5, 5.41) is 13.1. The van der Waals surface area contributed by atoms with Crippen LogP contribution in [0.4, 0.5) is 11.4 Å². The van der Waals surface area contributed by atoms with Crippen LogP contribution in [0.1, 0.15) is 16.7 Å². The molecular formula is C26H26N2O5. The van der Waals surface area contributed by atoms with Gasteiger partial charge in [-0.15, -0.1) is 0 Å². The van der Waals surface area contributed by atoms with E-state index in [1.54, 1.807) is 69.9 Å². The number of rotatable bonds is 8. The van der Waals surface area contributed by atoms with Crippen LogP contribution >= 0.6 is 0 Å². The number of nitrogens with one attached hydrogen (secondary N) is 1. The minimum absolute atomic E-state index is 0.0451. The average molecular weight is 447 g/mol. The van der Waals surface area contributed by atoms with Crippen molar-refractivity contribution >= 4 is 35.5 Å². The third-order valence-corrected chi connectivity index (χ3v) is 4.83. The molecule has 3 aromatic rings. The number of aromatic hydroxyl groups is 1. The minimum Gasteiger partial charge on any atom is -0.506 e. The number of ether oxygens (including phenoxy) is 3. The maximum absolute atomic E-state index is 12.5. The molecule has 0 saturated heterocycles. The molecule has 0 aliphatic heterocycles.